The van der Waals surface area contributed by atoms with Gasteiger partial charge in [0, 0.05) is 16.6 Å². The molecule has 0 saturated heterocycles. The molecule has 20 heavy (non-hydrogen) atoms. The Balaban J connectivity index is 2.14. The van der Waals surface area contributed by atoms with Gasteiger partial charge >= 0.3 is 0 Å². The van der Waals surface area contributed by atoms with Crippen LogP contribution in [0, 0.1) is 22.5 Å². The van der Waals surface area contributed by atoms with Crippen LogP contribution in [0.15, 0.2) is 16.6 Å². The number of amides is 1. The summed E-state index contributed by atoms with van der Waals surface area (Å²) in [6.07, 6.45) is 0.0814. The van der Waals surface area contributed by atoms with Gasteiger partial charge in [0.05, 0.1) is 16.6 Å². The highest BCUT2D eigenvalue weighted by Crippen LogP contribution is 2.24. The Morgan fingerprint density at radius 2 is 2.15 bits per heavy atom. The first kappa shape index (κ1) is 15.3. The van der Waals surface area contributed by atoms with E-state index in [4.69, 9.17) is 12.2 Å². The van der Waals surface area contributed by atoms with E-state index in [2.05, 4.69) is 26.2 Å². The van der Waals surface area contributed by atoms with Crippen molar-refractivity contribution in [3.63, 3.8) is 0 Å². The van der Waals surface area contributed by atoms with Crippen molar-refractivity contribution in [2.75, 3.05) is 5.32 Å². The van der Waals surface area contributed by atoms with Gasteiger partial charge in [0.15, 0.2) is 3.95 Å². The number of carbonyl (C=O) groups excluding carboxylic acids is 1. The van der Waals surface area contributed by atoms with Crippen molar-refractivity contribution in [1.29, 1.82) is 0 Å². The summed E-state index contributed by atoms with van der Waals surface area (Å²) in [5.41, 5.74) is 0.746. The summed E-state index contributed by atoms with van der Waals surface area (Å²) in [4.78, 5) is 15.6. The summed E-state index contributed by atoms with van der Waals surface area (Å²) >= 11 is 9.22. The van der Waals surface area contributed by atoms with Gasteiger partial charge in [-0.2, -0.15) is 0 Å². The van der Waals surface area contributed by atoms with Crippen molar-refractivity contribution in [2.45, 2.75) is 13.3 Å². The van der Waals surface area contributed by atoms with Crippen LogP contribution in [-0.2, 0) is 11.2 Å². The van der Waals surface area contributed by atoms with Gasteiger partial charge in [0.25, 0.3) is 0 Å². The van der Waals surface area contributed by atoms with Crippen molar-refractivity contribution < 1.29 is 13.6 Å². The summed E-state index contributed by atoms with van der Waals surface area (Å²) < 4.78 is 27.3. The lowest BCUT2D eigenvalue weighted by Crippen LogP contribution is -2.15. The summed E-state index contributed by atoms with van der Waals surface area (Å²) in [5, 5.41) is 2.41. The molecule has 0 aliphatic carbocycles. The van der Waals surface area contributed by atoms with Crippen molar-refractivity contribution in [3.05, 3.63) is 42.8 Å². The van der Waals surface area contributed by atoms with E-state index in [1.54, 1.807) is 0 Å². The van der Waals surface area contributed by atoms with E-state index >= 15 is 0 Å². The minimum atomic E-state index is -0.822. The molecule has 106 valence electrons. The number of aromatic nitrogens is 1. The SMILES string of the molecule is Cc1[nH]c(=S)sc1CC(=O)Nc1cc(Br)c(F)cc1F. The molecule has 0 spiro atoms. The van der Waals surface area contributed by atoms with Gasteiger partial charge in [-0.1, -0.05) is 0 Å². The van der Waals surface area contributed by atoms with E-state index in [0.717, 1.165) is 10.6 Å². The highest BCUT2D eigenvalue weighted by molar-refractivity contribution is 9.10. The Kier molecular flexibility index (Phi) is 4.66. The van der Waals surface area contributed by atoms with E-state index in [9.17, 15) is 13.6 Å². The lowest BCUT2D eigenvalue weighted by Gasteiger charge is -2.07. The molecule has 2 N–H and O–H groups in total. The van der Waals surface area contributed by atoms with Crippen LogP contribution in [0.2, 0.25) is 0 Å². The Labute approximate surface area is 131 Å². The number of nitrogens with one attached hydrogen (secondary N) is 2. The van der Waals surface area contributed by atoms with Gasteiger partial charge in [-0.3, -0.25) is 4.79 Å². The molecule has 0 aliphatic heterocycles. The third-order valence-corrected chi connectivity index (χ3v) is 4.47. The Morgan fingerprint density at radius 1 is 1.45 bits per heavy atom. The highest BCUT2D eigenvalue weighted by Gasteiger charge is 2.13. The summed E-state index contributed by atoms with van der Waals surface area (Å²) in [6.45, 7) is 1.81. The molecule has 0 fully saturated rings. The van der Waals surface area contributed by atoms with E-state index in [1.165, 1.54) is 17.4 Å². The normalized spacial score (nSPS) is 10.6. The Morgan fingerprint density at radius 3 is 2.75 bits per heavy atom. The quantitative estimate of drug-likeness (QED) is 0.616. The maximum absolute atomic E-state index is 13.5. The fraction of sp³-hybridized carbons (Fsp3) is 0.167. The molecule has 1 amide bonds. The summed E-state index contributed by atoms with van der Waals surface area (Å²) in [7, 11) is 0. The van der Waals surface area contributed by atoms with Crippen LogP contribution in [0.5, 0.6) is 0 Å². The number of hydrogen-bond donors (Lipinski definition) is 2. The molecule has 8 heteroatoms. The van der Waals surface area contributed by atoms with Gasteiger partial charge in [-0.15, -0.1) is 11.3 Å². The molecule has 2 aromatic rings. The summed E-state index contributed by atoms with van der Waals surface area (Å²) in [6, 6.07) is 1.90. The van der Waals surface area contributed by atoms with Gasteiger partial charge in [-0.25, -0.2) is 8.78 Å². The molecule has 1 aromatic carbocycles. The lowest BCUT2D eigenvalue weighted by molar-refractivity contribution is -0.115. The zero-order valence-corrected chi connectivity index (χ0v) is 13.4. The lowest BCUT2D eigenvalue weighted by atomic mass is 10.2. The molecule has 0 bridgehead atoms. The number of rotatable bonds is 3. The number of aryl methyl sites for hydroxylation is 1. The molecule has 0 atom stereocenters. The second kappa shape index (κ2) is 6.11. The molecule has 0 aliphatic rings. The standard InChI is InChI=1S/C12H9BrF2N2OS2/c1-5-10(20-12(19)16-5)4-11(18)17-9-2-6(13)7(14)3-8(9)15/h2-3H,4H2,1H3,(H,16,19)(H,17,18). The number of anilines is 1. The van der Waals surface area contributed by atoms with Crippen LogP contribution in [0.4, 0.5) is 14.5 Å². The maximum atomic E-state index is 13.5. The Hall–Kier alpha value is -1.12. The average molecular weight is 379 g/mol. The smallest absolute Gasteiger partial charge is 0.229 e. The number of halogens is 3. The molecular formula is C12H9BrF2N2OS2. The molecule has 0 unspecified atom stereocenters. The fourth-order valence-electron chi connectivity index (χ4n) is 1.56. The third kappa shape index (κ3) is 3.50. The molecule has 3 nitrogen and oxygen atoms in total. The number of thiazole rings is 1. The number of hydrogen-bond acceptors (Lipinski definition) is 3. The largest absolute Gasteiger partial charge is 0.341 e. The topological polar surface area (TPSA) is 44.9 Å². The molecule has 1 heterocycles. The predicted octanol–water partition coefficient (Wildman–Crippen LogP) is 4.34. The minimum absolute atomic E-state index is 0.0694. The predicted molar refractivity (Wildman–Crippen MR) is 80.6 cm³/mol. The van der Waals surface area contributed by atoms with Gasteiger partial charge in [0.2, 0.25) is 5.91 Å². The number of carbonyl (C=O) groups is 1. The second-order valence-corrected chi connectivity index (χ2v) is 6.66. The molecular weight excluding hydrogens is 370 g/mol. The van der Waals surface area contributed by atoms with Crippen LogP contribution in [0.25, 0.3) is 0 Å². The first-order valence-electron chi connectivity index (χ1n) is 5.50. The zero-order valence-electron chi connectivity index (χ0n) is 10.2. The average Bonchev–Trinajstić information content (AvgIpc) is 2.64. The Bertz CT molecular complexity index is 727. The van der Waals surface area contributed by atoms with Gasteiger partial charge in [-0.05, 0) is 41.1 Å². The van der Waals surface area contributed by atoms with E-state index < -0.39 is 17.5 Å². The fourth-order valence-corrected chi connectivity index (χ4v) is 3.20. The van der Waals surface area contributed by atoms with Crippen LogP contribution in [0.3, 0.4) is 0 Å². The molecule has 1 aromatic heterocycles. The minimum Gasteiger partial charge on any atom is -0.341 e. The van der Waals surface area contributed by atoms with E-state index in [1.807, 2.05) is 6.92 Å². The van der Waals surface area contributed by atoms with Crippen molar-refractivity contribution in [2.24, 2.45) is 0 Å². The molecule has 0 radical (unpaired) electrons. The van der Waals surface area contributed by atoms with Crippen molar-refractivity contribution >= 4 is 51.1 Å². The van der Waals surface area contributed by atoms with Crippen molar-refractivity contribution in [3.8, 4) is 0 Å². The highest BCUT2D eigenvalue weighted by atomic mass is 79.9. The first-order valence-corrected chi connectivity index (χ1v) is 7.51. The van der Waals surface area contributed by atoms with E-state index in [0.29, 0.717) is 10.0 Å². The van der Waals surface area contributed by atoms with Gasteiger partial charge < -0.3 is 10.3 Å². The first-order chi connectivity index (χ1) is 9.36. The van der Waals surface area contributed by atoms with Crippen LogP contribution >= 0.6 is 39.5 Å². The van der Waals surface area contributed by atoms with Crippen molar-refractivity contribution in [1.82, 2.24) is 4.98 Å². The van der Waals surface area contributed by atoms with Gasteiger partial charge in [0.1, 0.15) is 11.6 Å². The number of benzene rings is 1. The zero-order chi connectivity index (χ0) is 14.9. The van der Waals surface area contributed by atoms with Crippen LogP contribution in [-0.4, -0.2) is 10.9 Å². The molecule has 0 saturated carbocycles. The number of H-pyrrole nitrogens is 1. The summed E-state index contributed by atoms with van der Waals surface area (Å²) in [5.74, 6) is -1.94. The third-order valence-electron chi connectivity index (χ3n) is 2.53. The van der Waals surface area contributed by atoms with Crippen LogP contribution < -0.4 is 5.32 Å². The van der Waals surface area contributed by atoms with Crippen LogP contribution in [0.1, 0.15) is 10.6 Å². The molecule has 2 rings (SSSR count). The van der Waals surface area contributed by atoms with E-state index in [-0.39, 0.29) is 16.6 Å². The monoisotopic (exact) mass is 378 g/mol. The number of aromatic amines is 1. The second-order valence-electron chi connectivity index (χ2n) is 4.03. The maximum Gasteiger partial charge on any atom is 0.229 e.